The number of thiazole rings is 2. The second kappa shape index (κ2) is 8.78. The number of sulfonamides is 1. The maximum absolute atomic E-state index is 11.4. The Balaban J connectivity index is 1.48. The highest BCUT2D eigenvalue weighted by Gasteiger charge is 2.26. The van der Waals surface area contributed by atoms with Crippen molar-refractivity contribution in [3.8, 4) is 9.88 Å². The van der Waals surface area contributed by atoms with Gasteiger partial charge in [-0.15, -0.1) is 11.3 Å². The second-order valence-corrected chi connectivity index (χ2v) is 11.7. The normalized spacial score (nSPS) is 19.2. The summed E-state index contributed by atoms with van der Waals surface area (Å²) in [6, 6.07) is 6.16. The van der Waals surface area contributed by atoms with Gasteiger partial charge in [0.15, 0.2) is 5.13 Å². The van der Waals surface area contributed by atoms with Crippen molar-refractivity contribution in [1.82, 2.24) is 9.97 Å². The third-order valence-corrected chi connectivity index (χ3v) is 8.34. The molecule has 0 saturated carbocycles. The molecule has 2 atom stereocenters. The summed E-state index contributed by atoms with van der Waals surface area (Å²) in [5.41, 5.74) is 8.08. The van der Waals surface area contributed by atoms with E-state index in [1.165, 1.54) is 23.5 Å². The Kier molecular flexibility index (Phi) is 6.22. The molecule has 2 unspecified atom stereocenters. The minimum Gasteiger partial charge on any atom is -0.382 e. The van der Waals surface area contributed by atoms with E-state index in [9.17, 15) is 8.42 Å². The first-order valence-electron chi connectivity index (χ1n) is 10.1. The van der Waals surface area contributed by atoms with Crippen molar-refractivity contribution >= 4 is 49.3 Å². The Morgan fingerprint density at radius 1 is 1.22 bits per heavy atom. The zero-order valence-corrected chi connectivity index (χ0v) is 20.2. The van der Waals surface area contributed by atoms with Gasteiger partial charge in [-0.05, 0) is 42.5 Å². The highest BCUT2D eigenvalue weighted by Crippen LogP contribution is 2.41. The van der Waals surface area contributed by atoms with Crippen LogP contribution in [0.5, 0.6) is 0 Å². The molecule has 3 aromatic rings. The molecule has 10 heteroatoms. The van der Waals surface area contributed by atoms with Gasteiger partial charge in [-0.25, -0.2) is 23.5 Å². The summed E-state index contributed by atoms with van der Waals surface area (Å²) < 4.78 is 22.8. The second-order valence-electron chi connectivity index (χ2n) is 8.26. The predicted molar refractivity (Wildman–Crippen MR) is 133 cm³/mol. The Labute approximate surface area is 196 Å². The van der Waals surface area contributed by atoms with Crippen LogP contribution in [-0.2, 0) is 10.0 Å². The quantitative estimate of drug-likeness (QED) is 0.418. The van der Waals surface area contributed by atoms with Crippen LogP contribution in [0.3, 0.4) is 0 Å². The molecule has 1 aromatic carbocycles. The van der Waals surface area contributed by atoms with Crippen LogP contribution in [-0.4, -0.2) is 18.4 Å². The Bertz CT molecular complexity index is 1280. The summed E-state index contributed by atoms with van der Waals surface area (Å²) >= 11 is 2.98. The predicted octanol–water partition coefficient (Wildman–Crippen LogP) is 5.26. The maximum Gasteiger partial charge on any atom is 0.238 e. The van der Waals surface area contributed by atoms with Crippen LogP contribution in [0.1, 0.15) is 38.3 Å². The Morgan fingerprint density at radius 2 is 1.97 bits per heavy atom. The molecule has 0 saturated heterocycles. The molecule has 32 heavy (non-hydrogen) atoms. The SMILES string of the molecule is CC(CC1(C)C=CC=CC1)c1csc(-c2sc(Nc3ccc(S(N)(=O)=O)cc3)nc2N)n1. The van der Waals surface area contributed by atoms with Crippen molar-refractivity contribution in [2.75, 3.05) is 11.1 Å². The summed E-state index contributed by atoms with van der Waals surface area (Å²) in [5.74, 6) is 0.741. The van der Waals surface area contributed by atoms with Gasteiger partial charge in [0.25, 0.3) is 0 Å². The molecule has 0 aliphatic heterocycles. The van der Waals surface area contributed by atoms with Gasteiger partial charge in [0.1, 0.15) is 15.7 Å². The third kappa shape index (κ3) is 5.09. The lowest BCUT2D eigenvalue weighted by atomic mass is 9.76. The van der Waals surface area contributed by atoms with Crippen molar-refractivity contribution in [1.29, 1.82) is 0 Å². The zero-order valence-electron chi connectivity index (χ0n) is 17.8. The van der Waals surface area contributed by atoms with Crippen molar-refractivity contribution in [2.24, 2.45) is 10.6 Å². The van der Waals surface area contributed by atoms with Gasteiger partial charge in [-0.1, -0.05) is 49.5 Å². The first kappa shape index (κ1) is 22.7. The maximum atomic E-state index is 11.4. The van der Waals surface area contributed by atoms with Crippen molar-refractivity contribution in [2.45, 2.75) is 37.5 Å². The van der Waals surface area contributed by atoms with Crippen LogP contribution in [0.25, 0.3) is 9.88 Å². The van der Waals surface area contributed by atoms with Crippen molar-refractivity contribution < 1.29 is 8.42 Å². The monoisotopic (exact) mass is 487 g/mol. The fraction of sp³-hybridized carbons (Fsp3) is 0.273. The highest BCUT2D eigenvalue weighted by molar-refractivity contribution is 7.89. The largest absolute Gasteiger partial charge is 0.382 e. The van der Waals surface area contributed by atoms with Gasteiger partial charge in [0, 0.05) is 17.0 Å². The molecule has 0 fully saturated rings. The van der Waals surface area contributed by atoms with Crippen LogP contribution < -0.4 is 16.2 Å². The van der Waals surface area contributed by atoms with E-state index in [0.717, 1.165) is 28.4 Å². The molecule has 0 spiro atoms. The molecule has 1 aliphatic carbocycles. The van der Waals surface area contributed by atoms with Gasteiger partial charge in [0.2, 0.25) is 10.0 Å². The zero-order chi connectivity index (χ0) is 22.9. The number of primary sulfonamides is 1. The van der Waals surface area contributed by atoms with Crippen molar-refractivity contribution in [3.63, 3.8) is 0 Å². The minimum absolute atomic E-state index is 0.0559. The van der Waals surface area contributed by atoms with E-state index in [1.54, 1.807) is 23.5 Å². The van der Waals surface area contributed by atoms with Gasteiger partial charge in [0.05, 0.1) is 10.6 Å². The first-order valence-corrected chi connectivity index (χ1v) is 13.3. The first-order chi connectivity index (χ1) is 15.1. The topological polar surface area (TPSA) is 124 Å². The molecule has 1 aliphatic rings. The number of nitrogens with zero attached hydrogens (tertiary/aromatic N) is 2. The van der Waals surface area contributed by atoms with E-state index in [2.05, 4.69) is 53.8 Å². The van der Waals surface area contributed by atoms with Crippen LogP contribution in [0, 0.1) is 5.41 Å². The fourth-order valence-electron chi connectivity index (χ4n) is 3.73. The number of aromatic nitrogens is 2. The van der Waals surface area contributed by atoms with Crippen LogP contribution >= 0.6 is 22.7 Å². The number of rotatable bonds is 7. The average molecular weight is 488 g/mol. The van der Waals surface area contributed by atoms with Crippen LogP contribution in [0.4, 0.5) is 16.6 Å². The van der Waals surface area contributed by atoms with Crippen LogP contribution in [0.2, 0.25) is 0 Å². The molecule has 2 aromatic heterocycles. The van der Waals surface area contributed by atoms with Gasteiger partial charge < -0.3 is 11.1 Å². The molecule has 7 nitrogen and oxygen atoms in total. The summed E-state index contributed by atoms with van der Waals surface area (Å²) in [6.45, 7) is 4.50. The van der Waals surface area contributed by atoms with Crippen molar-refractivity contribution in [3.05, 3.63) is 59.6 Å². The molecular formula is C22H25N5O2S3. The average Bonchev–Trinajstić information content (AvgIpc) is 3.35. The molecule has 0 amide bonds. The number of hydrogen-bond donors (Lipinski definition) is 3. The molecule has 0 bridgehead atoms. The van der Waals surface area contributed by atoms with E-state index < -0.39 is 10.0 Å². The molecule has 168 valence electrons. The van der Waals surface area contributed by atoms with Gasteiger partial charge in [-0.3, -0.25) is 0 Å². The molecular weight excluding hydrogens is 462 g/mol. The number of anilines is 3. The number of nitrogens with one attached hydrogen (secondary N) is 1. The molecule has 2 heterocycles. The highest BCUT2D eigenvalue weighted by atomic mass is 32.2. The van der Waals surface area contributed by atoms with Crippen LogP contribution in [0.15, 0.2) is 58.8 Å². The number of nitrogens with two attached hydrogens (primary N) is 2. The lowest BCUT2D eigenvalue weighted by Crippen LogP contribution is -2.17. The molecule has 5 N–H and O–H groups in total. The molecule has 4 rings (SSSR count). The summed E-state index contributed by atoms with van der Waals surface area (Å²) in [5, 5.41) is 11.9. The lowest BCUT2D eigenvalue weighted by molar-refractivity contribution is 0.361. The smallest absolute Gasteiger partial charge is 0.238 e. The number of hydrogen-bond acceptors (Lipinski definition) is 8. The summed E-state index contributed by atoms with van der Waals surface area (Å²) in [7, 11) is -3.72. The number of allylic oxidation sites excluding steroid dienone is 4. The minimum atomic E-state index is -3.72. The standard InChI is InChI=1S/C22H25N5O2S3/c1-14(12-22(2)10-4-3-5-11-22)17-13-30-20(26-17)18-19(23)27-21(31-18)25-15-6-8-16(9-7-15)32(24,28)29/h3-10,13-14H,11-12,23H2,1-2H3,(H,25,27)(H2,24,28,29). The van der Waals surface area contributed by atoms with E-state index >= 15 is 0 Å². The van der Waals surface area contributed by atoms with Gasteiger partial charge >= 0.3 is 0 Å². The van der Waals surface area contributed by atoms with E-state index in [1.807, 2.05) is 0 Å². The lowest BCUT2D eigenvalue weighted by Gasteiger charge is -2.29. The van der Waals surface area contributed by atoms with E-state index in [4.69, 9.17) is 15.9 Å². The fourth-order valence-corrected chi connectivity index (χ4v) is 6.20. The Hall–Kier alpha value is -2.53. The molecule has 0 radical (unpaired) electrons. The van der Waals surface area contributed by atoms with Gasteiger partial charge in [-0.2, -0.15) is 0 Å². The number of nitrogen functional groups attached to an aromatic ring is 1. The third-order valence-electron chi connectivity index (χ3n) is 5.41. The number of benzene rings is 1. The summed E-state index contributed by atoms with van der Waals surface area (Å²) in [6.07, 6.45) is 10.8. The Morgan fingerprint density at radius 3 is 2.62 bits per heavy atom. The van der Waals surface area contributed by atoms with E-state index in [-0.39, 0.29) is 10.3 Å². The van der Waals surface area contributed by atoms with E-state index in [0.29, 0.717) is 22.6 Å². The summed E-state index contributed by atoms with van der Waals surface area (Å²) in [4.78, 5) is 10.1.